The summed E-state index contributed by atoms with van der Waals surface area (Å²) >= 11 is 3.75. The molecule has 84 valence electrons. The summed E-state index contributed by atoms with van der Waals surface area (Å²) in [5, 5.41) is 1.11. The van der Waals surface area contributed by atoms with E-state index < -0.39 is 0 Å². The third kappa shape index (κ3) is 2.46. The van der Waals surface area contributed by atoms with Gasteiger partial charge in [0.15, 0.2) is 5.13 Å². The maximum absolute atomic E-state index is 5.83. The Morgan fingerprint density at radius 1 is 1.67 bits per heavy atom. The molecule has 3 nitrogen and oxygen atoms in total. The van der Waals surface area contributed by atoms with E-state index in [1.165, 1.54) is 22.8 Å². The van der Waals surface area contributed by atoms with Crippen LogP contribution in [0.5, 0.6) is 0 Å². The van der Waals surface area contributed by atoms with Crippen LogP contribution in [0.15, 0.2) is 6.20 Å². The molecule has 2 atom stereocenters. The second-order valence-electron chi connectivity index (χ2n) is 3.96. The highest BCUT2D eigenvalue weighted by atomic mass is 32.2. The van der Waals surface area contributed by atoms with E-state index in [0.717, 1.165) is 5.13 Å². The minimum atomic E-state index is 0.0996. The molecular weight excluding hydrogens is 226 g/mol. The highest BCUT2D eigenvalue weighted by molar-refractivity contribution is 7.99. The largest absolute Gasteiger partial charge is 0.347 e. The Bertz CT molecular complexity index is 318. The number of anilines is 1. The van der Waals surface area contributed by atoms with Crippen molar-refractivity contribution >= 4 is 28.2 Å². The molecule has 0 aliphatic carbocycles. The molecule has 2 heterocycles. The molecule has 2 unspecified atom stereocenters. The number of thiazole rings is 1. The van der Waals surface area contributed by atoms with Crippen LogP contribution >= 0.6 is 23.1 Å². The molecule has 1 fully saturated rings. The zero-order valence-electron chi connectivity index (χ0n) is 9.14. The molecule has 1 aliphatic rings. The van der Waals surface area contributed by atoms with Gasteiger partial charge in [0.25, 0.3) is 0 Å². The predicted octanol–water partition coefficient (Wildman–Crippen LogP) is 2.10. The lowest BCUT2D eigenvalue weighted by atomic mass is 10.2. The standard InChI is InChI=1S/C10H17N3S2/c1-7(11)9-5-12-10(15-9)13(2)8-3-4-14-6-8/h5,7-8H,3-4,6,11H2,1-2H3. The van der Waals surface area contributed by atoms with E-state index >= 15 is 0 Å². The first-order valence-electron chi connectivity index (χ1n) is 5.20. The van der Waals surface area contributed by atoms with Crippen molar-refractivity contribution in [3.8, 4) is 0 Å². The molecule has 2 rings (SSSR count). The van der Waals surface area contributed by atoms with Gasteiger partial charge in [-0.2, -0.15) is 11.8 Å². The van der Waals surface area contributed by atoms with Crippen molar-refractivity contribution in [2.75, 3.05) is 23.5 Å². The number of hydrogen-bond acceptors (Lipinski definition) is 5. The fourth-order valence-corrected chi connectivity index (χ4v) is 3.80. The Balaban J connectivity index is 2.07. The summed E-state index contributed by atoms with van der Waals surface area (Å²) < 4.78 is 0. The lowest BCUT2D eigenvalue weighted by Gasteiger charge is -2.22. The SMILES string of the molecule is CC(N)c1cnc(N(C)C2CCSC2)s1. The highest BCUT2D eigenvalue weighted by Gasteiger charge is 2.22. The van der Waals surface area contributed by atoms with Crippen molar-refractivity contribution in [2.45, 2.75) is 25.4 Å². The van der Waals surface area contributed by atoms with Gasteiger partial charge < -0.3 is 10.6 Å². The van der Waals surface area contributed by atoms with Gasteiger partial charge in [-0.25, -0.2) is 4.98 Å². The molecular formula is C10H17N3S2. The number of rotatable bonds is 3. The van der Waals surface area contributed by atoms with Crippen LogP contribution in [-0.4, -0.2) is 29.6 Å². The average molecular weight is 243 g/mol. The summed E-state index contributed by atoms with van der Waals surface area (Å²) in [6.07, 6.45) is 3.18. The summed E-state index contributed by atoms with van der Waals surface area (Å²) in [5.41, 5.74) is 5.83. The molecule has 1 aromatic rings. The second kappa shape index (κ2) is 4.72. The summed E-state index contributed by atoms with van der Waals surface area (Å²) in [6.45, 7) is 2.00. The monoisotopic (exact) mass is 243 g/mol. The zero-order chi connectivity index (χ0) is 10.8. The van der Waals surface area contributed by atoms with E-state index in [1.54, 1.807) is 11.3 Å². The Hall–Kier alpha value is -0.260. The van der Waals surface area contributed by atoms with Gasteiger partial charge in [-0.1, -0.05) is 0 Å². The molecule has 0 radical (unpaired) electrons. The molecule has 1 saturated heterocycles. The van der Waals surface area contributed by atoms with Crippen molar-refractivity contribution in [1.82, 2.24) is 4.98 Å². The highest BCUT2D eigenvalue weighted by Crippen LogP contribution is 2.30. The number of nitrogens with zero attached hydrogens (tertiary/aromatic N) is 2. The molecule has 5 heteroatoms. The minimum absolute atomic E-state index is 0.0996. The van der Waals surface area contributed by atoms with E-state index in [9.17, 15) is 0 Å². The quantitative estimate of drug-likeness (QED) is 0.883. The summed E-state index contributed by atoms with van der Waals surface area (Å²) in [6, 6.07) is 0.754. The first kappa shape index (κ1) is 11.2. The van der Waals surface area contributed by atoms with Crippen LogP contribution in [0, 0.1) is 0 Å². The minimum Gasteiger partial charge on any atom is -0.347 e. The average Bonchev–Trinajstić information content (AvgIpc) is 2.88. The van der Waals surface area contributed by atoms with Gasteiger partial charge >= 0.3 is 0 Å². The van der Waals surface area contributed by atoms with E-state index in [-0.39, 0.29) is 6.04 Å². The fourth-order valence-electron chi connectivity index (χ4n) is 1.63. The first-order valence-corrected chi connectivity index (χ1v) is 7.17. The van der Waals surface area contributed by atoms with E-state index in [4.69, 9.17) is 5.73 Å². The third-order valence-electron chi connectivity index (χ3n) is 2.72. The molecule has 0 aromatic carbocycles. The molecule has 0 spiro atoms. The Kier molecular flexibility index (Phi) is 3.53. The van der Waals surface area contributed by atoms with Crippen LogP contribution < -0.4 is 10.6 Å². The zero-order valence-corrected chi connectivity index (χ0v) is 10.8. The van der Waals surface area contributed by atoms with Crippen molar-refractivity contribution in [3.63, 3.8) is 0 Å². The Labute approximate surface area is 99.1 Å². The van der Waals surface area contributed by atoms with Gasteiger partial charge in [-0.15, -0.1) is 11.3 Å². The second-order valence-corrected chi connectivity index (χ2v) is 6.15. The van der Waals surface area contributed by atoms with Crippen LogP contribution in [0.3, 0.4) is 0 Å². The normalized spacial score (nSPS) is 23.0. The summed E-state index contributed by atoms with van der Waals surface area (Å²) in [7, 11) is 2.14. The molecule has 1 aromatic heterocycles. The molecule has 0 amide bonds. The van der Waals surface area contributed by atoms with E-state index in [2.05, 4.69) is 16.9 Å². The van der Waals surface area contributed by atoms with Crippen molar-refractivity contribution in [2.24, 2.45) is 5.73 Å². The smallest absolute Gasteiger partial charge is 0.185 e. The number of nitrogens with two attached hydrogens (primary N) is 1. The molecule has 2 N–H and O–H groups in total. The van der Waals surface area contributed by atoms with Gasteiger partial charge in [0, 0.05) is 36.0 Å². The number of hydrogen-bond donors (Lipinski definition) is 1. The van der Waals surface area contributed by atoms with Gasteiger partial charge in [0.05, 0.1) is 0 Å². The Morgan fingerprint density at radius 3 is 3.00 bits per heavy atom. The van der Waals surface area contributed by atoms with Crippen molar-refractivity contribution < 1.29 is 0 Å². The van der Waals surface area contributed by atoms with Crippen molar-refractivity contribution in [3.05, 3.63) is 11.1 Å². The number of aromatic nitrogens is 1. The van der Waals surface area contributed by atoms with Gasteiger partial charge in [-0.3, -0.25) is 0 Å². The predicted molar refractivity (Wildman–Crippen MR) is 68.8 cm³/mol. The van der Waals surface area contributed by atoms with Gasteiger partial charge in [0.1, 0.15) is 0 Å². The maximum Gasteiger partial charge on any atom is 0.185 e. The first-order chi connectivity index (χ1) is 7.18. The van der Waals surface area contributed by atoms with Crippen LogP contribution in [-0.2, 0) is 0 Å². The molecule has 0 saturated carbocycles. The van der Waals surface area contributed by atoms with Crippen LogP contribution in [0.1, 0.15) is 24.3 Å². The number of thioether (sulfide) groups is 1. The van der Waals surface area contributed by atoms with Gasteiger partial charge in [-0.05, 0) is 19.1 Å². The molecule has 15 heavy (non-hydrogen) atoms. The molecule has 0 bridgehead atoms. The summed E-state index contributed by atoms with van der Waals surface area (Å²) in [5.74, 6) is 2.50. The van der Waals surface area contributed by atoms with Crippen LogP contribution in [0.2, 0.25) is 0 Å². The lowest BCUT2D eigenvalue weighted by molar-refractivity contribution is 0.698. The van der Waals surface area contributed by atoms with Crippen LogP contribution in [0.4, 0.5) is 5.13 Å². The topological polar surface area (TPSA) is 42.1 Å². The van der Waals surface area contributed by atoms with E-state index in [1.807, 2.05) is 24.9 Å². The van der Waals surface area contributed by atoms with Gasteiger partial charge in [0.2, 0.25) is 0 Å². The van der Waals surface area contributed by atoms with E-state index in [0.29, 0.717) is 6.04 Å². The Morgan fingerprint density at radius 2 is 2.47 bits per heavy atom. The maximum atomic E-state index is 5.83. The lowest BCUT2D eigenvalue weighted by Crippen LogP contribution is -2.30. The molecule has 1 aliphatic heterocycles. The third-order valence-corrected chi connectivity index (χ3v) is 5.15. The van der Waals surface area contributed by atoms with Crippen LogP contribution in [0.25, 0.3) is 0 Å². The summed E-state index contributed by atoms with van der Waals surface area (Å²) in [4.78, 5) is 7.91. The fraction of sp³-hybridized carbons (Fsp3) is 0.700. The van der Waals surface area contributed by atoms with Crippen molar-refractivity contribution in [1.29, 1.82) is 0 Å².